The van der Waals surface area contributed by atoms with Gasteiger partial charge < -0.3 is 40.2 Å². The number of hydrogen-bond acceptors (Lipinski definition) is 13. The molecule has 1 aromatic heterocycles. The minimum absolute atomic E-state index is 0.0218. The van der Waals surface area contributed by atoms with Gasteiger partial charge in [0.05, 0.1) is 12.8 Å². The van der Waals surface area contributed by atoms with E-state index in [1.165, 1.54) is 56.5 Å². The smallest absolute Gasteiger partial charge is 0.306 e. The molecule has 16 heteroatoms. The van der Waals surface area contributed by atoms with Gasteiger partial charge in [-0.1, -0.05) is 135 Å². The third-order valence-corrected chi connectivity index (χ3v) is 11.4. The van der Waals surface area contributed by atoms with E-state index >= 15 is 0 Å². The molecule has 0 aromatic carbocycles. The number of anilines is 1. The lowest BCUT2D eigenvalue weighted by Crippen LogP contribution is -2.45. The molecule has 1 aliphatic rings. The van der Waals surface area contributed by atoms with Crippen molar-refractivity contribution in [1.29, 1.82) is 0 Å². The minimum atomic E-state index is -1.38. The standard InChI is InChI=1S/C42H75N5O10S/c1-4-7-10-13-16-18-21-24-36(49)43-33(41(54)44-35-27-47(46-45-35)42-40(53)39(52)34(28-48)57-42)31-58-30-32(29-55-37(50)25-22-19-15-12-9-6-3)56-38(51)26-23-20-17-14-11-8-5-2/h27,32-34,39-40,42,48,52-53H,4-26,28-31H2,1-3H3,(H,43,49)(H,44,54)/t32-,33-,34?,39-,40-,42+/m1/s1. The van der Waals surface area contributed by atoms with Gasteiger partial charge in [-0.15, -0.1) is 5.10 Å². The van der Waals surface area contributed by atoms with Crippen molar-refractivity contribution in [3.8, 4) is 0 Å². The summed E-state index contributed by atoms with van der Waals surface area (Å²) < 4.78 is 18.0. The minimum Gasteiger partial charge on any atom is -0.462 e. The molecule has 1 saturated heterocycles. The molecular weight excluding hydrogens is 767 g/mol. The first-order valence-electron chi connectivity index (χ1n) is 22.2. The van der Waals surface area contributed by atoms with Gasteiger partial charge in [-0.25, -0.2) is 4.68 Å². The molecule has 2 heterocycles. The molecule has 2 amide bonds. The van der Waals surface area contributed by atoms with Crippen molar-refractivity contribution in [2.45, 2.75) is 205 Å². The first kappa shape index (κ1) is 51.4. The zero-order valence-corrected chi connectivity index (χ0v) is 36.4. The fourth-order valence-corrected chi connectivity index (χ4v) is 7.71. The summed E-state index contributed by atoms with van der Waals surface area (Å²) in [7, 11) is 0. The Morgan fingerprint density at radius 1 is 0.759 bits per heavy atom. The number of ether oxygens (including phenoxy) is 3. The molecule has 6 atom stereocenters. The zero-order valence-electron chi connectivity index (χ0n) is 35.6. The second-order valence-electron chi connectivity index (χ2n) is 15.5. The maximum absolute atomic E-state index is 13.6. The van der Waals surface area contributed by atoms with Gasteiger partial charge in [-0.2, -0.15) is 11.8 Å². The fourth-order valence-electron chi connectivity index (χ4n) is 6.67. The molecule has 58 heavy (non-hydrogen) atoms. The number of rotatable bonds is 35. The zero-order chi connectivity index (χ0) is 42.4. The number of hydrogen-bond donors (Lipinski definition) is 5. The average Bonchev–Trinajstić information content (AvgIpc) is 3.79. The van der Waals surface area contributed by atoms with Gasteiger partial charge >= 0.3 is 11.9 Å². The molecule has 1 unspecified atom stereocenters. The van der Waals surface area contributed by atoms with E-state index in [-0.39, 0.29) is 54.6 Å². The molecular formula is C42H75N5O10S. The van der Waals surface area contributed by atoms with Gasteiger partial charge in [0.15, 0.2) is 12.0 Å². The van der Waals surface area contributed by atoms with Crippen LogP contribution in [0.3, 0.4) is 0 Å². The van der Waals surface area contributed by atoms with Crippen LogP contribution >= 0.6 is 11.8 Å². The lowest BCUT2D eigenvalue weighted by molar-refractivity contribution is -0.157. The number of carbonyl (C=O) groups is 4. The number of unbranched alkanes of at least 4 members (excludes halogenated alkanes) is 17. The van der Waals surface area contributed by atoms with Crippen molar-refractivity contribution in [3.05, 3.63) is 6.20 Å². The van der Waals surface area contributed by atoms with E-state index in [1.807, 2.05) is 0 Å². The highest BCUT2D eigenvalue weighted by molar-refractivity contribution is 7.99. The Bertz CT molecular complexity index is 1270. The van der Waals surface area contributed by atoms with E-state index in [4.69, 9.17) is 14.2 Å². The van der Waals surface area contributed by atoms with Crippen LogP contribution in [0, 0.1) is 0 Å². The van der Waals surface area contributed by atoms with Crippen molar-refractivity contribution in [3.63, 3.8) is 0 Å². The second kappa shape index (κ2) is 32.0. The van der Waals surface area contributed by atoms with E-state index in [1.54, 1.807) is 0 Å². The van der Waals surface area contributed by atoms with Crippen molar-refractivity contribution in [2.24, 2.45) is 0 Å². The first-order chi connectivity index (χ1) is 28.1. The summed E-state index contributed by atoms with van der Waals surface area (Å²) in [5.41, 5.74) is 0. The molecule has 1 fully saturated rings. The summed E-state index contributed by atoms with van der Waals surface area (Å²) >= 11 is 1.29. The Kier molecular flexibility index (Phi) is 28.4. The number of aliphatic hydroxyl groups excluding tert-OH is 3. The Balaban J connectivity index is 2.05. The molecule has 0 saturated carbocycles. The lowest BCUT2D eigenvalue weighted by atomic mass is 10.1. The number of thioether (sulfide) groups is 1. The van der Waals surface area contributed by atoms with Crippen molar-refractivity contribution < 1.29 is 48.7 Å². The maximum atomic E-state index is 13.6. The number of amides is 2. The van der Waals surface area contributed by atoms with E-state index in [0.717, 1.165) is 81.7 Å². The molecule has 334 valence electrons. The van der Waals surface area contributed by atoms with Gasteiger partial charge in [0, 0.05) is 30.8 Å². The molecule has 0 radical (unpaired) electrons. The third-order valence-electron chi connectivity index (χ3n) is 10.2. The molecule has 2 rings (SSSR count). The number of aliphatic hydroxyl groups is 3. The molecule has 0 bridgehead atoms. The average molecular weight is 842 g/mol. The monoisotopic (exact) mass is 842 g/mol. The Morgan fingerprint density at radius 2 is 1.29 bits per heavy atom. The molecule has 0 aliphatic carbocycles. The number of nitrogens with zero attached hydrogens (tertiary/aromatic N) is 3. The van der Waals surface area contributed by atoms with Crippen LogP contribution in [0.15, 0.2) is 6.20 Å². The van der Waals surface area contributed by atoms with E-state index in [9.17, 15) is 34.5 Å². The fraction of sp³-hybridized carbons (Fsp3) is 0.857. The predicted molar refractivity (Wildman–Crippen MR) is 225 cm³/mol. The lowest BCUT2D eigenvalue weighted by Gasteiger charge is -2.21. The van der Waals surface area contributed by atoms with Gasteiger partial charge in [0.25, 0.3) is 0 Å². The van der Waals surface area contributed by atoms with Crippen LogP contribution in [0.25, 0.3) is 0 Å². The second-order valence-corrected chi connectivity index (χ2v) is 16.6. The van der Waals surface area contributed by atoms with Crippen LogP contribution in [0.2, 0.25) is 0 Å². The van der Waals surface area contributed by atoms with Gasteiger partial charge in [-0.05, 0) is 19.3 Å². The third kappa shape index (κ3) is 22.0. The topological polar surface area (TPSA) is 211 Å². The molecule has 0 spiro atoms. The Labute approximate surface area is 350 Å². The quantitative estimate of drug-likeness (QED) is 0.0364. The number of carbonyl (C=O) groups excluding carboxylic acids is 4. The summed E-state index contributed by atoms with van der Waals surface area (Å²) in [6, 6.07) is -1.000. The molecule has 15 nitrogen and oxygen atoms in total. The maximum Gasteiger partial charge on any atom is 0.306 e. The molecule has 5 N–H and O–H groups in total. The van der Waals surface area contributed by atoms with Crippen LogP contribution in [0.4, 0.5) is 5.82 Å². The van der Waals surface area contributed by atoms with E-state index in [0.29, 0.717) is 19.3 Å². The van der Waals surface area contributed by atoms with Crippen LogP contribution in [0.5, 0.6) is 0 Å². The highest BCUT2D eigenvalue weighted by Crippen LogP contribution is 2.29. The van der Waals surface area contributed by atoms with E-state index in [2.05, 4.69) is 41.7 Å². The van der Waals surface area contributed by atoms with E-state index < -0.39 is 49.2 Å². The van der Waals surface area contributed by atoms with Crippen molar-refractivity contribution in [2.75, 3.05) is 30.0 Å². The van der Waals surface area contributed by atoms with Crippen LogP contribution < -0.4 is 10.6 Å². The van der Waals surface area contributed by atoms with Crippen molar-refractivity contribution >= 4 is 41.3 Å². The summed E-state index contributed by atoms with van der Waals surface area (Å²) in [5, 5.41) is 43.4. The summed E-state index contributed by atoms with van der Waals surface area (Å²) in [6.45, 7) is 5.90. The SMILES string of the molecule is CCCCCCCCCC(=O)N[C@H](CSC[C@@H](COC(=O)CCCCCCCC)OC(=O)CCCCCCCCC)C(=O)Nc1cn([C@H]2OC(CO)[C@@H](O)[C@H]2O)nn1. The summed E-state index contributed by atoms with van der Waals surface area (Å²) in [5.74, 6) is -1.17. The van der Waals surface area contributed by atoms with Crippen LogP contribution in [0.1, 0.15) is 175 Å². The number of esters is 2. The van der Waals surface area contributed by atoms with Gasteiger partial charge in [0.1, 0.15) is 37.1 Å². The highest BCUT2D eigenvalue weighted by Gasteiger charge is 2.44. The summed E-state index contributed by atoms with van der Waals surface area (Å²) in [4.78, 5) is 52.2. The first-order valence-corrected chi connectivity index (χ1v) is 23.4. The largest absolute Gasteiger partial charge is 0.462 e. The van der Waals surface area contributed by atoms with Gasteiger partial charge in [-0.3, -0.25) is 19.2 Å². The normalized spacial score (nSPS) is 18.8. The van der Waals surface area contributed by atoms with Crippen LogP contribution in [-0.4, -0.2) is 109 Å². The molecule has 1 aromatic rings. The Morgan fingerprint density at radius 3 is 1.84 bits per heavy atom. The van der Waals surface area contributed by atoms with Crippen molar-refractivity contribution in [1.82, 2.24) is 20.3 Å². The number of aromatic nitrogens is 3. The summed E-state index contributed by atoms with van der Waals surface area (Å²) in [6.07, 6.45) is 17.6. The van der Waals surface area contributed by atoms with Crippen LogP contribution in [-0.2, 0) is 33.4 Å². The predicted octanol–water partition coefficient (Wildman–Crippen LogP) is 6.53. The highest BCUT2D eigenvalue weighted by atomic mass is 32.2. The van der Waals surface area contributed by atoms with Gasteiger partial charge in [0.2, 0.25) is 11.8 Å². The Hall–Kier alpha value is -2.79. The number of nitrogens with one attached hydrogen (secondary N) is 2. The molecule has 1 aliphatic heterocycles.